The molecule has 0 bridgehead atoms. The number of hydrogen-bond acceptors (Lipinski definition) is 2. The highest BCUT2D eigenvalue weighted by atomic mass is 15.2. The maximum Gasteiger partial charge on any atom is 0.0161 e. The quantitative estimate of drug-likeness (QED) is 0.814. The first kappa shape index (κ1) is 15.0. The van der Waals surface area contributed by atoms with Crippen LogP contribution in [-0.2, 0) is 0 Å². The van der Waals surface area contributed by atoms with Gasteiger partial charge < -0.3 is 5.32 Å². The molecule has 2 unspecified atom stereocenters. The second-order valence-electron chi connectivity index (χ2n) is 7.60. The fraction of sp³-hybridized carbons (Fsp3) is 1.00. The van der Waals surface area contributed by atoms with E-state index in [0.29, 0.717) is 23.0 Å². The third-order valence-electron chi connectivity index (χ3n) is 4.02. The highest BCUT2D eigenvalue weighted by Crippen LogP contribution is 2.34. The Morgan fingerprint density at radius 1 is 1.18 bits per heavy atom. The Morgan fingerprint density at radius 2 is 1.76 bits per heavy atom. The fourth-order valence-electron chi connectivity index (χ4n) is 3.73. The standard InChI is InChI=1S/C15H32N2/c1-12-10-13(16-7)8-9-17(12)15(5,6)11-14(2,3)4/h12-13,16H,8-11H2,1-7H3. The number of hydrogen-bond donors (Lipinski definition) is 1. The molecular weight excluding hydrogens is 208 g/mol. The summed E-state index contributed by atoms with van der Waals surface area (Å²) in [5, 5.41) is 3.43. The summed E-state index contributed by atoms with van der Waals surface area (Å²) in [7, 11) is 2.09. The first-order chi connectivity index (χ1) is 7.65. The van der Waals surface area contributed by atoms with E-state index in [-0.39, 0.29) is 0 Å². The van der Waals surface area contributed by atoms with Crippen molar-refractivity contribution < 1.29 is 0 Å². The molecule has 1 N–H and O–H groups in total. The van der Waals surface area contributed by atoms with E-state index in [1.54, 1.807) is 0 Å². The Bertz CT molecular complexity index is 240. The van der Waals surface area contributed by atoms with Crippen molar-refractivity contribution in [2.75, 3.05) is 13.6 Å². The van der Waals surface area contributed by atoms with Gasteiger partial charge in [-0.15, -0.1) is 0 Å². The van der Waals surface area contributed by atoms with E-state index in [1.165, 1.54) is 25.8 Å². The van der Waals surface area contributed by atoms with Gasteiger partial charge in [0.15, 0.2) is 0 Å². The molecule has 2 nitrogen and oxygen atoms in total. The summed E-state index contributed by atoms with van der Waals surface area (Å²) in [4.78, 5) is 2.71. The monoisotopic (exact) mass is 240 g/mol. The third kappa shape index (κ3) is 4.26. The minimum Gasteiger partial charge on any atom is -0.317 e. The van der Waals surface area contributed by atoms with Gasteiger partial charge in [0.1, 0.15) is 0 Å². The fourth-order valence-corrected chi connectivity index (χ4v) is 3.73. The Labute approximate surface area is 108 Å². The highest BCUT2D eigenvalue weighted by Gasteiger charge is 2.37. The lowest BCUT2D eigenvalue weighted by atomic mass is 9.79. The normalized spacial score (nSPS) is 28.4. The molecule has 102 valence electrons. The van der Waals surface area contributed by atoms with Gasteiger partial charge in [-0.1, -0.05) is 20.8 Å². The lowest BCUT2D eigenvalue weighted by Gasteiger charge is -2.49. The average molecular weight is 240 g/mol. The molecule has 0 saturated carbocycles. The molecule has 1 saturated heterocycles. The Hall–Kier alpha value is -0.0800. The molecule has 1 fully saturated rings. The smallest absolute Gasteiger partial charge is 0.0161 e. The Balaban J connectivity index is 2.66. The average Bonchev–Trinajstić information content (AvgIpc) is 2.13. The Kier molecular flexibility index (Phi) is 4.65. The number of nitrogens with zero attached hydrogens (tertiary/aromatic N) is 1. The van der Waals surface area contributed by atoms with Crippen LogP contribution in [-0.4, -0.2) is 36.1 Å². The lowest BCUT2D eigenvalue weighted by Crippen LogP contribution is -2.56. The van der Waals surface area contributed by atoms with Gasteiger partial charge in [-0.2, -0.15) is 0 Å². The van der Waals surface area contributed by atoms with Gasteiger partial charge >= 0.3 is 0 Å². The largest absolute Gasteiger partial charge is 0.317 e. The molecule has 2 atom stereocenters. The Morgan fingerprint density at radius 3 is 2.18 bits per heavy atom. The van der Waals surface area contributed by atoms with Gasteiger partial charge in [-0.25, -0.2) is 0 Å². The predicted molar refractivity (Wildman–Crippen MR) is 76.4 cm³/mol. The number of rotatable bonds is 3. The van der Waals surface area contributed by atoms with Gasteiger partial charge in [0.05, 0.1) is 0 Å². The van der Waals surface area contributed by atoms with Crippen LogP contribution in [0.15, 0.2) is 0 Å². The van der Waals surface area contributed by atoms with Crippen LogP contribution in [0.1, 0.15) is 60.8 Å². The molecule has 1 rings (SSSR count). The number of likely N-dealkylation sites (tertiary alicyclic amines) is 1. The zero-order chi connectivity index (χ0) is 13.3. The molecule has 1 heterocycles. The summed E-state index contributed by atoms with van der Waals surface area (Å²) in [6.45, 7) is 15.5. The highest BCUT2D eigenvalue weighted by molar-refractivity contribution is 4.93. The zero-order valence-corrected chi connectivity index (χ0v) is 12.9. The molecule has 0 spiro atoms. The van der Waals surface area contributed by atoms with Crippen molar-refractivity contribution in [3.63, 3.8) is 0 Å². The zero-order valence-electron chi connectivity index (χ0n) is 12.9. The summed E-state index contributed by atoms with van der Waals surface area (Å²) in [5.41, 5.74) is 0.722. The molecule has 0 aliphatic carbocycles. The summed E-state index contributed by atoms with van der Waals surface area (Å²) < 4.78 is 0. The SMILES string of the molecule is CNC1CCN(C(C)(C)CC(C)(C)C)C(C)C1. The second kappa shape index (κ2) is 5.27. The minimum atomic E-state index is 0.316. The molecule has 0 aromatic heterocycles. The van der Waals surface area contributed by atoms with E-state index < -0.39 is 0 Å². The van der Waals surface area contributed by atoms with E-state index in [4.69, 9.17) is 0 Å². The van der Waals surface area contributed by atoms with Gasteiger partial charge in [-0.05, 0) is 52.5 Å². The van der Waals surface area contributed by atoms with Gasteiger partial charge in [-0.3, -0.25) is 4.90 Å². The maximum absolute atomic E-state index is 3.43. The summed E-state index contributed by atoms with van der Waals surface area (Å²) >= 11 is 0. The molecule has 0 radical (unpaired) electrons. The van der Waals surface area contributed by atoms with Crippen LogP contribution in [0.3, 0.4) is 0 Å². The molecule has 1 aliphatic rings. The van der Waals surface area contributed by atoms with Crippen molar-refractivity contribution in [1.82, 2.24) is 10.2 Å². The second-order valence-corrected chi connectivity index (χ2v) is 7.60. The van der Waals surface area contributed by atoms with Crippen LogP contribution >= 0.6 is 0 Å². The molecule has 2 heteroatoms. The summed E-state index contributed by atoms with van der Waals surface area (Å²) in [6, 6.07) is 1.41. The minimum absolute atomic E-state index is 0.316. The van der Waals surface area contributed by atoms with Crippen LogP contribution in [0.2, 0.25) is 0 Å². The molecule has 17 heavy (non-hydrogen) atoms. The third-order valence-corrected chi connectivity index (χ3v) is 4.02. The molecule has 1 aliphatic heterocycles. The van der Waals surface area contributed by atoms with Crippen molar-refractivity contribution >= 4 is 0 Å². The van der Waals surface area contributed by atoms with Crippen LogP contribution in [0.5, 0.6) is 0 Å². The van der Waals surface area contributed by atoms with E-state index >= 15 is 0 Å². The topological polar surface area (TPSA) is 15.3 Å². The van der Waals surface area contributed by atoms with Crippen molar-refractivity contribution in [1.29, 1.82) is 0 Å². The van der Waals surface area contributed by atoms with Crippen LogP contribution in [0.4, 0.5) is 0 Å². The van der Waals surface area contributed by atoms with Crippen molar-refractivity contribution in [3.8, 4) is 0 Å². The van der Waals surface area contributed by atoms with E-state index in [2.05, 4.69) is 58.8 Å². The molecule has 0 aromatic carbocycles. The van der Waals surface area contributed by atoms with Crippen LogP contribution < -0.4 is 5.32 Å². The van der Waals surface area contributed by atoms with Crippen LogP contribution in [0, 0.1) is 5.41 Å². The predicted octanol–water partition coefficient (Wildman–Crippen LogP) is 3.27. The van der Waals surface area contributed by atoms with E-state index in [0.717, 1.165) is 0 Å². The van der Waals surface area contributed by atoms with E-state index in [1.807, 2.05) is 0 Å². The maximum atomic E-state index is 3.43. The van der Waals surface area contributed by atoms with Crippen molar-refractivity contribution in [2.45, 2.75) is 78.4 Å². The van der Waals surface area contributed by atoms with Gasteiger partial charge in [0, 0.05) is 24.2 Å². The lowest BCUT2D eigenvalue weighted by molar-refractivity contribution is 0.0131. The molecular formula is C15H32N2. The first-order valence-corrected chi connectivity index (χ1v) is 7.10. The van der Waals surface area contributed by atoms with Crippen molar-refractivity contribution in [2.24, 2.45) is 5.41 Å². The van der Waals surface area contributed by atoms with E-state index in [9.17, 15) is 0 Å². The molecule has 0 aromatic rings. The first-order valence-electron chi connectivity index (χ1n) is 7.10. The molecule has 0 amide bonds. The number of nitrogens with one attached hydrogen (secondary N) is 1. The van der Waals surface area contributed by atoms with Gasteiger partial charge in [0.25, 0.3) is 0 Å². The summed E-state index contributed by atoms with van der Waals surface area (Å²) in [6.07, 6.45) is 3.83. The summed E-state index contributed by atoms with van der Waals surface area (Å²) in [5.74, 6) is 0. The van der Waals surface area contributed by atoms with Crippen molar-refractivity contribution in [3.05, 3.63) is 0 Å². The van der Waals surface area contributed by atoms with Gasteiger partial charge in [0.2, 0.25) is 0 Å². The number of piperidine rings is 1. The van der Waals surface area contributed by atoms with Crippen LogP contribution in [0.25, 0.3) is 0 Å².